The van der Waals surface area contributed by atoms with Gasteiger partial charge < -0.3 is 9.84 Å². The van der Waals surface area contributed by atoms with Gasteiger partial charge in [0.1, 0.15) is 18.1 Å². The third-order valence-corrected chi connectivity index (χ3v) is 7.57. The summed E-state index contributed by atoms with van der Waals surface area (Å²) in [6, 6.07) is 12.7. The zero-order valence-electron chi connectivity index (χ0n) is 18.1. The van der Waals surface area contributed by atoms with E-state index < -0.39 is 28.9 Å². The zero-order valence-corrected chi connectivity index (χ0v) is 18.9. The van der Waals surface area contributed by atoms with Crippen LogP contribution in [0.2, 0.25) is 0 Å². The van der Waals surface area contributed by atoms with Gasteiger partial charge in [0, 0.05) is 25.4 Å². The van der Waals surface area contributed by atoms with Gasteiger partial charge in [-0.25, -0.2) is 8.42 Å². The molecule has 1 aliphatic rings. The number of nitrogens with zero attached hydrogens (tertiary/aromatic N) is 1. The van der Waals surface area contributed by atoms with Crippen LogP contribution in [0.5, 0.6) is 5.75 Å². The van der Waals surface area contributed by atoms with Crippen LogP contribution in [0.15, 0.2) is 53.4 Å². The number of piperidine rings is 1. The maximum Gasteiger partial charge on any atom is 0.417 e. The highest BCUT2D eigenvalue weighted by Crippen LogP contribution is 2.26. The zero-order chi connectivity index (χ0) is 24.2. The number of hydrogen-bond donors (Lipinski definition) is 1. The topological polar surface area (TPSA) is 83.9 Å². The number of aliphatic hydroxyl groups is 1. The summed E-state index contributed by atoms with van der Waals surface area (Å²) in [5, 5.41) is 8.97. The SMILES string of the molecule is Cc1ccc(S(=O)(=O)N2CCC(C(=O)Cc3ccc(OCC(O)C(F)(F)F)cc3)CC2)cc1. The Morgan fingerprint density at radius 2 is 1.67 bits per heavy atom. The predicted molar refractivity (Wildman–Crippen MR) is 115 cm³/mol. The summed E-state index contributed by atoms with van der Waals surface area (Å²) < 4.78 is 68.9. The van der Waals surface area contributed by atoms with E-state index in [0.717, 1.165) is 5.56 Å². The minimum Gasteiger partial charge on any atom is -0.491 e. The number of rotatable bonds is 8. The van der Waals surface area contributed by atoms with Gasteiger partial charge in [0.25, 0.3) is 0 Å². The first-order valence-electron chi connectivity index (χ1n) is 10.5. The largest absolute Gasteiger partial charge is 0.491 e. The van der Waals surface area contributed by atoms with Gasteiger partial charge in [0.15, 0.2) is 6.10 Å². The van der Waals surface area contributed by atoms with E-state index in [-0.39, 0.29) is 41.9 Å². The van der Waals surface area contributed by atoms with Crippen molar-refractivity contribution in [2.75, 3.05) is 19.7 Å². The number of Topliss-reactive ketones (excluding diaryl/α,β-unsaturated/α-hetero) is 1. The average Bonchev–Trinajstić information content (AvgIpc) is 2.78. The maximum atomic E-state index is 12.8. The molecule has 3 rings (SSSR count). The van der Waals surface area contributed by atoms with Crippen LogP contribution < -0.4 is 4.74 Å². The Hall–Kier alpha value is -2.43. The number of aryl methyl sites for hydroxylation is 1. The second-order valence-electron chi connectivity index (χ2n) is 8.15. The summed E-state index contributed by atoms with van der Waals surface area (Å²) >= 11 is 0. The number of alkyl halides is 3. The van der Waals surface area contributed by atoms with Gasteiger partial charge in [0.2, 0.25) is 10.0 Å². The maximum absolute atomic E-state index is 12.8. The molecule has 1 aliphatic heterocycles. The summed E-state index contributed by atoms with van der Waals surface area (Å²) in [6.07, 6.45) is -6.32. The molecule has 2 aromatic carbocycles. The highest BCUT2D eigenvalue weighted by Gasteiger charge is 2.38. The lowest BCUT2D eigenvalue weighted by atomic mass is 9.90. The minimum atomic E-state index is -4.75. The molecule has 0 radical (unpaired) electrons. The number of ketones is 1. The highest BCUT2D eigenvalue weighted by molar-refractivity contribution is 7.89. The number of ether oxygens (including phenoxy) is 1. The van der Waals surface area contributed by atoms with Gasteiger partial charge in [-0.15, -0.1) is 0 Å². The number of aliphatic hydroxyl groups excluding tert-OH is 1. The molecule has 1 fully saturated rings. The van der Waals surface area contributed by atoms with E-state index in [1.807, 2.05) is 6.92 Å². The Balaban J connectivity index is 1.50. The molecule has 1 heterocycles. The van der Waals surface area contributed by atoms with Crippen LogP contribution in [-0.2, 0) is 21.2 Å². The molecule has 1 atom stereocenters. The number of hydrogen-bond acceptors (Lipinski definition) is 5. The summed E-state index contributed by atoms with van der Waals surface area (Å²) in [5.41, 5.74) is 1.65. The van der Waals surface area contributed by atoms with Crippen LogP contribution >= 0.6 is 0 Å². The number of halogens is 3. The molecule has 0 aromatic heterocycles. The first kappa shape index (κ1) is 25.2. The Morgan fingerprint density at radius 3 is 2.21 bits per heavy atom. The summed E-state index contributed by atoms with van der Waals surface area (Å²) in [4.78, 5) is 12.9. The first-order valence-corrected chi connectivity index (χ1v) is 12.0. The quantitative estimate of drug-likeness (QED) is 0.619. The molecular formula is C23H26F3NO5S. The lowest BCUT2D eigenvalue weighted by Gasteiger charge is -2.30. The van der Waals surface area contributed by atoms with Crippen molar-refractivity contribution in [3.8, 4) is 5.75 Å². The lowest BCUT2D eigenvalue weighted by molar-refractivity contribution is -0.210. The van der Waals surface area contributed by atoms with Gasteiger partial charge in [-0.1, -0.05) is 29.8 Å². The monoisotopic (exact) mass is 485 g/mol. The molecule has 33 heavy (non-hydrogen) atoms. The number of sulfonamides is 1. The van der Waals surface area contributed by atoms with Gasteiger partial charge in [-0.2, -0.15) is 17.5 Å². The normalized spacial score (nSPS) is 17.0. The molecule has 10 heteroatoms. The van der Waals surface area contributed by atoms with Gasteiger partial charge in [-0.05, 0) is 49.6 Å². The van der Waals surface area contributed by atoms with Crippen LogP contribution in [-0.4, -0.2) is 55.6 Å². The Labute approximate surface area is 191 Å². The summed E-state index contributed by atoms with van der Waals surface area (Å²) in [6.45, 7) is 1.50. The van der Waals surface area contributed by atoms with Crippen LogP contribution in [0.1, 0.15) is 24.0 Å². The molecule has 1 unspecified atom stereocenters. The van der Waals surface area contributed by atoms with Crippen molar-refractivity contribution in [2.45, 2.75) is 43.4 Å². The molecule has 0 aliphatic carbocycles. The molecule has 6 nitrogen and oxygen atoms in total. The van der Waals surface area contributed by atoms with E-state index >= 15 is 0 Å². The highest BCUT2D eigenvalue weighted by atomic mass is 32.2. The third kappa shape index (κ3) is 6.55. The third-order valence-electron chi connectivity index (χ3n) is 5.66. The van der Waals surface area contributed by atoms with Gasteiger partial charge >= 0.3 is 6.18 Å². The van der Waals surface area contributed by atoms with Crippen molar-refractivity contribution in [1.82, 2.24) is 4.31 Å². The number of benzene rings is 2. The van der Waals surface area contributed by atoms with E-state index in [9.17, 15) is 26.4 Å². The number of carbonyl (C=O) groups is 1. The van der Waals surface area contributed by atoms with E-state index in [2.05, 4.69) is 0 Å². The second-order valence-corrected chi connectivity index (χ2v) is 10.1. The van der Waals surface area contributed by atoms with Crippen molar-refractivity contribution in [2.24, 2.45) is 5.92 Å². The average molecular weight is 486 g/mol. The first-order chi connectivity index (χ1) is 15.5. The molecule has 1 saturated heterocycles. The fourth-order valence-electron chi connectivity index (χ4n) is 3.60. The second kappa shape index (κ2) is 10.2. The standard InChI is InChI=1S/C23H26F3NO5S/c1-16-2-8-20(9-3-16)33(30,31)27-12-10-18(11-13-27)21(28)14-17-4-6-19(7-5-17)32-15-22(29)23(24,25)26/h2-9,18,22,29H,10-15H2,1H3. The van der Waals surface area contributed by atoms with Crippen molar-refractivity contribution in [3.63, 3.8) is 0 Å². The van der Waals surface area contributed by atoms with Crippen LogP contribution in [0, 0.1) is 12.8 Å². The van der Waals surface area contributed by atoms with Crippen molar-refractivity contribution >= 4 is 15.8 Å². The van der Waals surface area contributed by atoms with E-state index in [0.29, 0.717) is 18.4 Å². The van der Waals surface area contributed by atoms with Crippen molar-refractivity contribution < 1.29 is 36.2 Å². The Bertz CT molecular complexity index is 1040. The molecule has 1 N–H and O–H groups in total. The molecule has 2 aromatic rings. The smallest absolute Gasteiger partial charge is 0.417 e. The van der Waals surface area contributed by atoms with E-state index in [4.69, 9.17) is 9.84 Å². The molecule has 0 bridgehead atoms. The van der Waals surface area contributed by atoms with E-state index in [1.54, 1.807) is 36.4 Å². The van der Waals surface area contributed by atoms with Gasteiger partial charge in [0.05, 0.1) is 4.90 Å². The molecule has 180 valence electrons. The van der Waals surface area contributed by atoms with Crippen molar-refractivity contribution in [3.05, 3.63) is 59.7 Å². The molecule has 0 saturated carbocycles. The van der Waals surface area contributed by atoms with Crippen LogP contribution in [0.3, 0.4) is 0 Å². The van der Waals surface area contributed by atoms with Crippen LogP contribution in [0.4, 0.5) is 13.2 Å². The Kier molecular flexibility index (Phi) is 7.81. The lowest BCUT2D eigenvalue weighted by Crippen LogP contribution is -2.40. The number of carbonyl (C=O) groups excluding carboxylic acids is 1. The van der Waals surface area contributed by atoms with Crippen LogP contribution in [0.25, 0.3) is 0 Å². The summed E-state index contributed by atoms with van der Waals surface area (Å²) in [5.74, 6) is -0.111. The minimum absolute atomic E-state index is 0.0106. The van der Waals surface area contributed by atoms with Crippen molar-refractivity contribution in [1.29, 1.82) is 0 Å². The molecule has 0 amide bonds. The Morgan fingerprint density at radius 1 is 1.09 bits per heavy atom. The molecule has 0 spiro atoms. The fraction of sp³-hybridized carbons (Fsp3) is 0.435. The summed E-state index contributed by atoms with van der Waals surface area (Å²) in [7, 11) is -3.59. The fourth-order valence-corrected chi connectivity index (χ4v) is 5.07. The predicted octanol–water partition coefficient (Wildman–Crippen LogP) is 3.51. The van der Waals surface area contributed by atoms with E-state index in [1.165, 1.54) is 16.4 Å². The van der Waals surface area contributed by atoms with Gasteiger partial charge in [-0.3, -0.25) is 4.79 Å². The molecular weight excluding hydrogens is 459 g/mol.